The number of anilines is 1. The molecule has 0 aromatic carbocycles. The van der Waals surface area contributed by atoms with Crippen LogP contribution in [0.1, 0.15) is 13.3 Å². The van der Waals surface area contributed by atoms with Crippen LogP contribution in [0.4, 0.5) is 10.6 Å². The lowest BCUT2D eigenvalue weighted by Gasteiger charge is -2.05. The van der Waals surface area contributed by atoms with E-state index < -0.39 is 0 Å². The molecule has 0 aliphatic carbocycles. The molecule has 0 fully saturated rings. The third-order valence-electron chi connectivity index (χ3n) is 1.77. The second-order valence-electron chi connectivity index (χ2n) is 3.04. The van der Waals surface area contributed by atoms with Crippen molar-refractivity contribution in [2.75, 3.05) is 23.4 Å². The highest BCUT2D eigenvalue weighted by atomic mass is 32.2. The van der Waals surface area contributed by atoms with E-state index in [0.29, 0.717) is 12.4 Å². The van der Waals surface area contributed by atoms with Crippen molar-refractivity contribution in [3.63, 3.8) is 0 Å². The Morgan fingerprint density at radius 3 is 3.12 bits per heavy atom. The maximum absolute atomic E-state index is 11.3. The molecule has 2 amide bonds. The van der Waals surface area contributed by atoms with E-state index in [9.17, 15) is 4.79 Å². The molecule has 1 aromatic rings. The minimum atomic E-state index is -0.234. The smallest absolute Gasteiger partial charge is 0.320 e. The highest BCUT2D eigenvalue weighted by molar-refractivity contribution is 7.99. The number of urea groups is 1. The Kier molecular flexibility index (Phi) is 6.32. The van der Waals surface area contributed by atoms with Crippen molar-refractivity contribution in [2.45, 2.75) is 13.3 Å². The van der Waals surface area contributed by atoms with E-state index in [1.807, 2.05) is 11.8 Å². The molecule has 0 saturated carbocycles. The van der Waals surface area contributed by atoms with Gasteiger partial charge in [-0.05, 0) is 30.1 Å². The highest BCUT2D eigenvalue weighted by Gasteiger charge is 2.00. The molecule has 0 unspecified atom stereocenters. The lowest BCUT2D eigenvalue weighted by atomic mass is 10.5. The van der Waals surface area contributed by atoms with Gasteiger partial charge in [-0.3, -0.25) is 5.32 Å². The van der Waals surface area contributed by atoms with E-state index in [-0.39, 0.29) is 6.03 Å². The summed E-state index contributed by atoms with van der Waals surface area (Å²) in [5.41, 5.74) is 0. The molecule has 0 saturated heterocycles. The van der Waals surface area contributed by atoms with Crippen LogP contribution in [0.3, 0.4) is 0 Å². The number of hydrogen-bond donors (Lipinski definition) is 2. The Labute approximate surface area is 99.4 Å². The van der Waals surface area contributed by atoms with E-state index in [1.54, 1.807) is 18.3 Å². The first-order valence-corrected chi connectivity index (χ1v) is 6.38. The fourth-order valence-electron chi connectivity index (χ4n) is 1.05. The van der Waals surface area contributed by atoms with Crippen LogP contribution in [0.2, 0.25) is 0 Å². The molecule has 0 aliphatic rings. The van der Waals surface area contributed by atoms with Crippen molar-refractivity contribution in [2.24, 2.45) is 0 Å². The monoisotopic (exact) mass is 240 g/mol. The molecule has 6 heteroatoms. The van der Waals surface area contributed by atoms with E-state index >= 15 is 0 Å². The van der Waals surface area contributed by atoms with Crippen LogP contribution in [-0.4, -0.2) is 34.3 Å². The largest absolute Gasteiger partial charge is 0.338 e. The number of hydrogen-bond acceptors (Lipinski definition) is 4. The van der Waals surface area contributed by atoms with Gasteiger partial charge in [-0.15, -0.1) is 5.10 Å². The summed E-state index contributed by atoms with van der Waals surface area (Å²) in [7, 11) is 0. The SMILES string of the molecule is CCSCCCNC(=O)Nc1cccnn1. The average molecular weight is 240 g/mol. The minimum absolute atomic E-state index is 0.234. The van der Waals surface area contributed by atoms with Crippen LogP contribution < -0.4 is 10.6 Å². The molecule has 2 N–H and O–H groups in total. The van der Waals surface area contributed by atoms with Gasteiger partial charge < -0.3 is 5.32 Å². The first-order chi connectivity index (χ1) is 7.83. The Morgan fingerprint density at radius 2 is 2.44 bits per heavy atom. The van der Waals surface area contributed by atoms with Crippen LogP contribution in [0.25, 0.3) is 0 Å². The molecule has 0 radical (unpaired) electrons. The topological polar surface area (TPSA) is 66.9 Å². The van der Waals surface area contributed by atoms with Crippen LogP contribution in [0.15, 0.2) is 18.3 Å². The summed E-state index contributed by atoms with van der Waals surface area (Å²) in [6.07, 6.45) is 2.54. The van der Waals surface area contributed by atoms with Crippen molar-refractivity contribution in [3.8, 4) is 0 Å². The second kappa shape index (κ2) is 7.92. The zero-order valence-electron chi connectivity index (χ0n) is 9.27. The van der Waals surface area contributed by atoms with E-state index in [4.69, 9.17) is 0 Å². The molecule has 1 rings (SSSR count). The van der Waals surface area contributed by atoms with Crippen LogP contribution in [-0.2, 0) is 0 Å². The number of thioether (sulfide) groups is 1. The van der Waals surface area contributed by atoms with Gasteiger partial charge in [0.1, 0.15) is 0 Å². The first kappa shape index (κ1) is 12.8. The minimum Gasteiger partial charge on any atom is -0.338 e. The first-order valence-electron chi connectivity index (χ1n) is 5.23. The lowest BCUT2D eigenvalue weighted by molar-refractivity contribution is 0.252. The average Bonchev–Trinajstić information content (AvgIpc) is 2.30. The van der Waals surface area contributed by atoms with Crippen LogP contribution >= 0.6 is 11.8 Å². The molecule has 1 heterocycles. The molecule has 88 valence electrons. The number of carbonyl (C=O) groups excluding carboxylic acids is 1. The Morgan fingerprint density at radius 1 is 1.56 bits per heavy atom. The van der Waals surface area contributed by atoms with Crippen molar-refractivity contribution in [1.82, 2.24) is 15.5 Å². The molecule has 0 spiro atoms. The summed E-state index contributed by atoms with van der Waals surface area (Å²) in [5.74, 6) is 2.65. The van der Waals surface area contributed by atoms with Crippen molar-refractivity contribution < 1.29 is 4.79 Å². The number of nitrogens with one attached hydrogen (secondary N) is 2. The molecular weight excluding hydrogens is 224 g/mol. The van der Waals surface area contributed by atoms with Crippen molar-refractivity contribution in [1.29, 1.82) is 0 Å². The summed E-state index contributed by atoms with van der Waals surface area (Å²) in [5, 5.41) is 12.8. The maximum atomic E-state index is 11.3. The molecular formula is C10H16N4OS. The third kappa shape index (κ3) is 5.55. The van der Waals surface area contributed by atoms with Crippen molar-refractivity contribution >= 4 is 23.6 Å². The molecule has 0 aliphatic heterocycles. The number of nitrogens with zero attached hydrogens (tertiary/aromatic N) is 2. The standard InChI is InChI=1S/C10H16N4OS/c1-2-16-8-4-6-11-10(15)13-9-5-3-7-12-14-9/h3,5,7H,2,4,6,8H2,1H3,(H2,11,13,14,15). The van der Waals surface area contributed by atoms with Crippen LogP contribution in [0.5, 0.6) is 0 Å². The zero-order valence-corrected chi connectivity index (χ0v) is 10.1. The van der Waals surface area contributed by atoms with Gasteiger partial charge in [0.25, 0.3) is 0 Å². The number of carbonyl (C=O) groups is 1. The number of amides is 2. The summed E-state index contributed by atoms with van der Waals surface area (Å²) in [6, 6.07) is 3.18. The number of rotatable bonds is 6. The van der Waals surface area contributed by atoms with Crippen LogP contribution in [0, 0.1) is 0 Å². The number of aromatic nitrogens is 2. The van der Waals surface area contributed by atoms with E-state index in [1.165, 1.54) is 0 Å². The van der Waals surface area contributed by atoms with Gasteiger partial charge in [0.15, 0.2) is 5.82 Å². The quantitative estimate of drug-likeness (QED) is 0.743. The van der Waals surface area contributed by atoms with Gasteiger partial charge in [0.2, 0.25) is 0 Å². The molecule has 0 bridgehead atoms. The van der Waals surface area contributed by atoms with Crippen molar-refractivity contribution in [3.05, 3.63) is 18.3 Å². The molecule has 5 nitrogen and oxygen atoms in total. The second-order valence-corrected chi connectivity index (χ2v) is 4.43. The Bertz CT molecular complexity index is 307. The Hall–Kier alpha value is -1.30. The normalized spacial score (nSPS) is 9.81. The van der Waals surface area contributed by atoms with Gasteiger partial charge in [-0.25, -0.2) is 4.79 Å². The highest BCUT2D eigenvalue weighted by Crippen LogP contribution is 2.00. The van der Waals surface area contributed by atoms with Gasteiger partial charge in [-0.2, -0.15) is 16.9 Å². The zero-order chi connectivity index (χ0) is 11.6. The maximum Gasteiger partial charge on any atom is 0.320 e. The van der Waals surface area contributed by atoms with E-state index in [0.717, 1.165) is 17.9 Å². The van der Waals surface area contributed by atoms with Gasteiger partial charge in [-0.1, -0.05) is 6.92 Å². The fraction of sp³-hybridized carbons (Fsp3) is 0.500. The fourth-order valence-corrected chi connectivity index (χ4v) is 1.69. The summed E-state index contributed by atoms with van der Waals surface area (Å²) in [4.78, 5) is 11.3. The van der Waals surface area contributed by atoms with Gasteiger partial charge >= 0.3 is 6.03 Å². The van der Waals surface area contributed by atoms with E-state index in [2.05, 4.69) is 27.8 Å². The third-order valence-corrected chi connectivity index (χ3v) is 2.75. The molecule has 1 aromatic heterocycles. The predicted octanol–water partition coefficient (Wildman–Crippen LogP) is 1.74. The lowest BCUT2D eigenvalue weighted by Crippen LogP contribution is -2.30. The predicted molar refractivity (Wildman–Crippen MR) is 66.7 cm³/mol. The van der Waals surface area contributed by atoms with Gasteiger partial charge in [0, 0.05) is 12.7 Å². The summed E-state index contributed by atoms with van der Waals surface area (Å²) < 4.78 is 0. The summed E-state index contributed by atoms with van der Waals surface area (Å²) in [6.45, 7) is 2.80. The van der Waals surface area contributed by atoms with Gasteiger partial charge in [0.05, 0.1) is 0 Å². The summed E-state index contributed by atoms with van der Waals surface area (Å²) >= 11 is 1.87. The Balaban J connectivity index is 2.12. The molecule has 0 atom stereocenters. The molecule has 16 heavy (non-hydrogen) atoms.